The van der Waals surface area contributed by atoms with Crippen LogP contribution >= 0.6 is 0 Å². The minimum atomic E-state index is -1.31. The van der Waals surface area contributed by atoms with Crippen molar-refractivity contribution in [3.05, 3.63) is 18.0 Å². The van der Waals surface area contributed by atoms with Crippen LogP contribution in [0.15, 0.2) is 12.3 Å². The highest BCUT2D eigenvalue weighted by Gasteiger charge is 2.27. The van der Waals surface area contributed by atoms with Gasteiger partial charge in [0, 0.05) is 25.2 Å². The molecule has 0 saturated carbocycles. The summed E-state index contributed by atoms with van der Waals surface area (Å²) in [5.74, 6) is 0. The molecule has 0 bridgehead atoms. The number of hydrogen-bond acceptors (Lipinski definition) is 2. The van der Waals surface area contributed by atoms with Crippen molar-refractivity contribution in [2.24, 2.45) is 5.73 Å². The largest absolute Gasteiger partial charge is 0.328 e. The molecule has 0 saturated heterocycles. The van der Waals surface area contributed by atoms with Gasteiger partial charge in [-0.05, 0) is 26.3 Å². The molecule has 1 heterocycles. The first-order valence-electron chi connectivity index (χ1n) is 5.44. The maximum absolute atomic E-state index is 14.0. The molecular weight excluding hydrogens is 193 g/mol. The Labute approximate surface area is 90.5 Å². The Kier molecular flexibility index (Phi) is 3.85. The van der Waals surface area contributed by atoms with Crippen molar-refractivity contribution in [2.75, 3.05) is 6.54 Å². The van der Waals surface area contributed by atoms with Gasteiger partial charge in [0.25, 0.3) is 0 Å². The molecule has 4 heteroatoms. The number of halogens is 1. The molecule has 86 valence electrons. The van der Waals surface area contributed by atoms with Gasteiger partial charge in [-0.1, -0.05) is 6.92 Å². The Morgan fingerprint density at radius 1 is 1.60 bits per heavy atom. The molecule has 2 N–H and O–H groups in total. The molecule has 0 amide bonds. The molecule has 0 radical (unpaired) electrons. The molecule has 0 aromatic carbocycles. The summed E-state index contributed by atoms with van der Waals surface area (Å²) >= 11 is 0. The first kappa shape index (κ1) is 12.2. The molecule has 1 unspecified atom stereocenters. The summed E-state index contributed by atoms with van der Waals surface area (Å²) in [5, 5.41) is 4.31. The third-order valence-corrected chi connectivity index (χ3v) is 2.69. The number of hydrogen-bond donors (Lipinski definition) is 1. The highest BCUT2D eigenvalue weighted by atomic mass is 19.1. The fourth-order valence-corrected chi connectivity index (χ4v) is 1.43. The molecule has 0 fully saturated rings. The summed E-state index contributed by atoms with van der Waals surface area (Å²) in [7, 11) is 0. The molecule has 15 heavy (non-hydrogen) atoms. The summed E-state index contributed by atoms with van der Waals surface area (Å²) in [6, 6.07) is 2.17. The van der Waals surface area contributed by atoms with Crippen LogP contribution in [0.25, 0.3) is 0 Å². The summed E-state index contributed by atoms with van der Waals surface area (Å²) in [5.41, 5.74) is 4.89. The number of aromatic nitrogens is 2. The van der Waals surface area contributed by atoms with Crippen LogP contribution in [0.5, 0.6) is 0 Å². The van der Waals surface area contributed by atoms with Crippen LogP contribution in [0.3, 0.4) is 0 Å². The maximum Gasteiger partial charge on any atom is 0.128 e. The quantitative estimate of drug-likeness (QED) is 0.813. The van der Waals surface area contributed by atoms with E-state index in [1.54, 1.807) is 0 Å². The summed E-state index contributed by atoms with van der Waals surface area (Å²) < 4.78 is 15.8. The van der Waals surface area contributed by atoms with Gasteiger partial charge in [-0.2, -0.15) is 5.10 Å². The van der Waals surface area contributed by atoms with Crippen molar-refractivity contribution in [1.82, 2.24) is 9.78 Å². The highest BCUT2D eigenvalue weighted by Crippen LogP contribution is 2.20. The van der Waals surface area contributed by atoms with Crippen LogP contribution in [-0.4, -0.2) is 22.0 Å². The molecule has 1 aromatic rings. The SMILES string of the molecule is CCC(F)(CN)Cc1ccn(C(C)C)n1. The Morgan fingerprint density at radius 3 is 2.67 bits per heavy atom. The summed E-state index contributed by atoms with van der Waals surface area (Å²) in [4.78, 5) is 0. The van der Waals surface area contributed by atoms with E-state index in [1.165, 1.54) is 0 Å². The van der Waals surface area contributed by atoms with E-state index in [9.17, 15) is 4.39 Å². The van der Waals surface area contributed by atoms with Gasteiger partial charge in [-0.15, -0.1) is 0 Å². The van der Waals surface area contributed by atoms with Gasteiger partial charge in [0.15, 0.2) is 0 Å². The Balaban J connectivity index is 2.72. The fourth-order valence-electron chi connectivity index (χ4n) is 1.43. The van der Waals surface area contributed by atoms with Crippen molar-refractivity contribution in [1.29, 1.82) is 0 Å². The second kappa shape index (κ2) is 4.75. The van der Waals surface area contributed by atoms with Crippen molar-refractivity contribution in [2.45, 2.75) is 45.3 Å². The molecule has 1 aromatic heterocycles. The molecule has 0 aliphatic carbocycles. The summed E-state index contributed by atoms with van der Waals surface area (Å²) in [6.45, 7) is 5.95. The molecule has 0 aliphatic rings. The smallest absolute Gasteiger partial charge is 0.128 e. The predicted octanol–water partition coefficient (Wildman–Crippen LogP) is 2.08. The Hall–Kier alpha value is -0.900. The number of nitrogens with two attached hydrogens (primary N) is 1. The normalized spacial score (nSPS) is 15.6. The minimum absolute atomic E-state index is 0.0536. The maximum atomic E-state index is 14.0. The van der Waals surface area contributed by atoms with Crippen molar-refractivity contribution in [3.8, 4) is 0 Å². The molecule has 0 spiro atoms. The standard InChI is InChI=1S/C11H20FN3/c1-4-11(12,8-13)7-10-5-6-15(14-10)9(2)3/h5-6,9H,4,7-8,13H2,1-3H3. The van der Waals surface area contributed by atoms with Crippen LogP contribution < -0.4 is 5.73 Å². The second-order valence-corrected chi connectivity index (χ2v) is 4.27. The lowest BCUT2D eigenvalue weighted by Crippen LogP contribution is -2.34. The van der Waals surface area contributed by atoms with Crippen LogP contribution in [0.2, 0.25) is 0 Å². The van der Waals surface area contributed by atoms with Crippen molar-refractivity contribution in [3.63, 3.8) is 0 Å². The van der Waals surface area contributed by atoms with E-state index in [0.29, 0.717) is 18.9 Å². The van der Waals surface area contributed by atoms with E-state index in [0.717, 1.165) is 5.69 Å². The predicted molar refractivity (Wildman–Crippen MR) is 59.5 cm³/mol. The van der Waals surface area contributed by atoms with Gasteiger partial charge in [0.05, 0.1) is 5.69 Å². The monoisotopic (exact) mass is 213 g/mol. The number of rotatable bonds is 5. The van der Waals surface area contributed by atoms with E-state index in [2.05, 4.69) is 5.10 Å². The zero-order valence-electron chi connectivity index (χ0n) is 9.70. The average molecular weight is 213 g/mol. The third-order valence-electron chi connectivity index (χ3n) is 2.69. The fraction of sp³-hybridized carbons (Fsp3) is 0.727. The van der Waals surface area contributed by atoms with Crippen molar-refractivity contribution >= 4 is 0 Å². The van der Waals surface area contributed by atoms with Crippen LogP contribution in [0, 0.1) is 0 Å². The van der Waals surface area contributed by atoms with Gasteiger partial charge >= 0.3 is 0 Å². The Morgan fingerprint density at radius 2 is 2.27 bits per heavy atom. The lowest BCUT2D eigenvalue weighted by atomic mass is 9.97. The first-order chi connectivity index (χ1) is 7.00. The molecule has 0 aliphatic heterocycles. The van der Waals surface area contributed by atoms with Crippen LogP contribution in [-0.2, 0) is 6.42 Å². The Bertz CT molecular complexity index is 303. The second-order valence-electron chi connectivity index (χ2n) is 4.27. The zero-order valence-corrected chi connectivity index (χ0v) is 9.70. The van der Waals surface area contributed by atoms with E-state index in [1.807, 2.05) is 37.7 Å². The topological polar surface area (TPSA) is 43.8 Å². The van der Waals surface area contributed by atoms with Gasteiger partial charge in [0.2, 0.25) is 0 Å². The average Bonchev–Trinajstić information content (AvgIpc) is 2.66. The highest BCUT2D eigenvalue weighted by molar-refractivity contribution is 5.04. The van der Waals surface area contributed by atoms with Crippen LogP contribution in [0.4, 0.5) is 4.39 Å². The van der Waals surface area contributed by atoms with Gasteiger partial charge in [0.1, 0.15) is 5.67 Å². The molecule has 3 nitrogen and oxygen atoms in total. The third kappa shape index (κ3) is 3.02. The molecular formula is C11H20FN3. The molecule has 1 atom stereocenters. The summed E-state index contributed by atoms with van der Waals surface area (Å²) in [6.07, 6.45) is 2.62. The van der Waals surface area contributed by atoms with E-state index in [-0.39, 0.29) is 6.54 Å². The lowest BCUT2D eigenvalue weighted by molar-refractivity contribution is 0.165. The van der Waals surface area contributed by atoms with Crippen molar-refractivity contribution < 1.29 is 4.39 Å². The van der Waals surface area contributed by atoms with E-state index in [4.69, 9.17) is 5.73 Å². The van der Waals surface area contributed by atoms with E-state index >= 15 is 0 Å². The molecule has 1 rings (SSSR count). The van der Waals surface area contributed by atoms with Crippen LogP contribution in [0.1, 0.15) is 38.9 Å². The zero-order chi connectivity index (χ0) is 11.5. The van der Waals surface area contributed by atoms with Gasteiger partial charge in [-0.25, -0.2) is 4.39 Å². The first-order valence-corrected chi connectivity index (χ1v) is 5.44. The van der Waals surface area contributed by atoms with E-state index < -0.39 is 5.67 Å². The van der Waals surface area contributed by atoms with Gasteiger partial charge < -0.3 is 5.73 Å². The minimum Gasteiger partial charge on any atom is -0.328 e. The number of nitrogens with zero attached hydrogens (tertiary/aromatic N) is 2. The van der Waals surface area contributed by atoms with Gasteiger partial charge in [-0.3, -0.25) is 4.68 Å². The number of alkyl halides is 1. The lowest BCUT2D eigenvalue weighted by Gasteiger charge is -2.20.